The predicted octanol–water partition coefficient (Wildman–Crippen LogP) is 2.02. The Balaban J connectivity index is 1.76. The van der Waals surface area contributed by atoms with E-state index in [1.165, 1.54) is 58.0 Å². The van der Waals surface area contributed by atoms with Gasteiger partial charge in [0.1, 0.15) is 0 Å². The van der Waals surface area contributed by atoms with Crippen molar-refractivity contribution >= 4 is 0 Å². The minimum absolute atomic E-state index is 0.434. The number of likely N-dealkylation sites (tertiary alicyclic amines) is 1. The van der Waals surface area contributed by atoms with Gasteiger partial charge in [0, 0.05) is 25.7 Å². The van der Waals surface area contributed by atoms with Crippen LogP contribution in [0.5, 0.6) is 0 Å². The SMILES string of the molecule is CNC1(CCN2CCC(OC)C2)CCCCC1. The molecule has 1 aliphatic carbocycles. The predicted molar refractivity (Wildman–Crippen MR) is 71.3 cm³/mol. The van der Waals surface area contributed by atoms with E-state index in [2.05, 4.69) is 17.3 Å². The standard InChI is InChI=1S/C14H28N2O/c1-15-14(7-4-3-5-8-14)9-11-16-10-6-13(12-16)17-2/h13,15H,3-12H2,1-2H3. The molecule has 1 atom stereocenters. The van der Waals surface area contributed by atoms with Gasteiger partial charge in [-0.1, -0.05) is 19.3 Å². The lowest BCUT2D eigenvalue weighted by Crippen LogP contribution is -2.46. The summed E-state index contributed by atoms with van der Waals surface area (Å²) in [6, 6.07) is 0. The van der Waals surface area contributed by atoms with E-state index >= 15 is 0 Å². The molecule has 2 rings (SSSR count). The molecule has 0 radical (unpaired) electrons. The van der Waals surface area contributed by atoms with Gasteiger partial charge in [-0.15, -0.1) is 0 Å². The van der Waals surface area contributed by atoms with Crippen molar-refractivity contribution in [1.82, 2.24) is 10.2 Å². The maximum atomic E-state index is 5.43. The summed E-state index contributed by atoms with van der Waals surface area (Å²) < 4.78 is 5.43. The van der Waals surface area contributed by atoms with Gasteiger partial charge in [-0.05, 0) is 39.3 Å². The largest absolute Gasteiger partial charge is 0.380 e. The normalized spacial score (nSPS) is 29.6. The molecule has 1 saturated carbocycles. The summed E-state index contributed by atoms with van der Waals surface area (Å²) in [5.74, 6) is 0. The Morgan fingerprint density at radius 1 is 1.29 bits per heavy atom. The van der Waals surface area contributed by atoms with Crippen LogP contribution >= 0.6 is 0 Å². The molecule has 0 aromatic heterocycles. The molecule has 1 aliphatic heterocycles. The van der Waals surface area contributed by atoms with Crippen LogP contribution in [0.2, 0.25) is 0 Å². The van der Waals surface area contributed by atoms with Crippen molar-refractivity contribution in [3.05, 3.63) is 0 Å². The van der Waals surface area contributed by atoms with Crippen molar-refractivity contribution in [3.8, 4) is 0 Å². The average Bonchev–Trinajstić information content (AvgIpc) is 2.85. The van der Waals surface area contributed by atoms with Gasteiger partial charge >= 0.3 is 0 Å². The van der Waals surface area contributed by atoms with E-state index < -0.39 is 0 Å². The third kappa shape index (κ3) is 3.43. The molecule has 1 N–H and O–H groups in total. The summed E-state index contributed by atoms with van der Waals surface area (Å²) in [7, 11) is 3.98. The first-order valence-corrected chi connectivity index (χ1v) is 7.22. The second-order valence-corrected chi connectivity index (χ2v) is 5.79. The van der Waals surface area contributed by atoms with Crippen LogP contribution in [0.4, 0.5) is 0 Å². The summed E-state index contributed by atoms with van der Waals surface area (Å²) >= 11 is 0. The Kier molecular flexibility index (Phi) is 4.83. The van der Waals surface area contributed by atoms with Crippen molar-refractivity contribution in [2.45, 2.75) is 56.6 Å². The van der Waals surface area contributed by atoms with Crippen LogP contribution in [0.1, 0.15) is 44.9 Å². The molecule has 17 heavy (non-hydrogen) atoms. The van der Waals surface area contributed by atoms with Gasteiger partial charge in [-0.3, -0.25) is 0 Å². The third-order valence-electron chi connectivity index (χ3n) is 4.81. The number of hydrogen-bond acceptors (Lipinski definition) is 3. The van der Waals surface area contributed by atoms with E-state index in [0.29, 0.717) is 11.6 Å². The Morgan fingerprint density at radius 2 is 2.06 bits per heavy atom. The zero-order valence-electron chi connectivity index (χ0n) is 11.5. The van der Waals surface area contributed by atoms with Crippen LogP contribution in [0, 0.1) is 0 Å². The number of hydrogen-bond donors (Lipinski definition) is 1. The fourth-order valence-electron chi connectivity index (χ4n) is 3.42. The summed E-state index contributed by atoms with van der Waals surface area (Å²) in [5.41, 5.74) is 0.434. The van der Waals surface area contributed by atoms with Gasteiger partial charge in [-0.25, -0.2) is 0 Å². The molecule has 0 aromatic carbocycles. The van der Waals surface area contributed by atoms with Gasteiger partial charge in [-0.2, -0.15) is 0 Å². The summed E-state index contributed by atoms with van der Waals surface area (Å²) in [6.45, 7) is 3.59. The van der Waals surface area contributed by atoms with Crippen molar-refractivity contribution in [1.29, 1.82) is 0 Å². The molecular weight excluding hydrogens is 212 g/mol. The lowest BCUT2D eigenvalue weighted by atomic mass is 9.79. The van der Waals surface area contributed by atoms with E-state index in [0.717, 1.165) is 6.54 Å². The molecule has 1 unspecified atom stereocenters. The lowest BCUT2D eigenvalue weighted by Gasteiger charge is -2.38. The Bertz CT molecular complexity index is 226. The van der Waals surface area contributed by atoms with Gasteiger partial charge in [0.2, 0.25) is 0 Å². The molecule has 3 heteroatoms. The van der Waals surface area contributed by atoms with E-state index in [9.17, 15) is 0 Å². The van der Waals surface area contributed by atoms with E-state index in [-0.39, 0.29) is 0 Å². The fourth-order valence-corrected chi connectivity index (χ4v) is 3.42. The van der Waals surface area contributed by atoms with Gasteiger partial charge < -0.3 is 15.0 Å². The van der Waals surface area contributed by atoms with Crippen LogP contribution in [0.3, 0.4) is 0 Å². The number of methoxy groups -OCH3 is 1. The first-order chi connectivity index (χ1) is 8.28. The molecule has 100 valence electrons. The Hall–Kier alpha value is -0.120. The van der Waals surface area contributed by atoms with Crippen LogP contribution in [-0.4, -0.2) is 50.3 Å². The molecule has 0 aromatic rings. The monoisotopic (exact) mass is 240 g/mol. The van der Waals surface area contributed by atoms with Crippen LogP contribution in [0.15, 0.2) is 0 Å². The van der Waals surface area contributed by atoms with E-state index in [1.54, 1.807) is 0 Å². The van der Waals surface area contributed by atoms with Gasteiger partial charge in [0.25, 0.3) is 0 Å². The van der Waals surface area contributed by atoms with Crippen molar-refractivity contribution in [3.63, 3.8) is 0 Å². The third-order valence-corrected chi connectivity index (χ3v) is 4.81. The smallest absolute Gasteiger partial charge is 0.0710 e. The van der Waals surface area contributed by atoms with Crippen molar-refractivity contribution < 1.29 is 4.74 Å². The fraction of sp³-hybridized carbons (Fsp3) is 1.00. The van der Waals surface area contributed by atoms with Crippen molar-refractivity contribution in [2.75, 3.05) is 33.8 Å². The summed E-state index contributed by atoms with van der Waals surface area (Å²) in [5, 5.41) is 3.61. The molecule has 2 fully saturated rings. The van der Waals surface area contributed by atoms with Crippen LogP contribution < -0.4 is 5.32 Å². The molecular formula is C14H28N2O. The van der Waals surface area contributed by atoms with Crippen molar-refractivity contribution in [2.24, 2.45) is 0 Å². The molecule has 1 saturated heterocycles. The maximum Gasteiger partial charge on any atom is 0.0710 e. The number of rotatable bonds is 5. The molecule has 1 heterocycles. The van der Waals surface area contributed by atoms with Gasteiger partial charge in [0.15, 0.2) is 0 Å². The highest BCUT2D eigenvalue weighted by atomic mass is 16.5. The zero-order chi connectivity index (χ0) is 12.1. The van der Waals surface area contributed by atoms with Gasteiger partial charge in [0.05, 0.1) is 6.10 Å². The molecule has 0 spiro atoms. The minimum Gasteiger partial charge on any atom is -0.380 e. The Morgan fingerprint density at radius 3 is 2.65 bits per heavy atom. The van der Waals surface area contributed by atoms with Crippen LogP contribution in [0.25, 0.3) is 0 Å². The highest BCUT2D eigenvalue weighted by Gasteiger charge is 2.31. The summed E-state index contributed by atoms with van der Waals surface area (Å²) in [4.78, 5) is 2.57. The molecule has 0 bridgehead atoms. The van der Waals surface area contributed by atoms with E-state index in [1.807, 2.05) is 7.11 Å². The zero-order valence-corrected chi connectivity index (χ0v) is 11.5. The number of ether oxygens (including phenoxy) is 1. The topological polar surface area (TPSA) is 24.5 Å². The summed E-state index contributed by atoms with van der Waals surface area (Å²) in [6.07, 6.45) is 9.97. The first-order valence-electron chi connectivity index (χ1n) is 7.22. The average molecular weight is 240 g/mol. The highest BCUT2D eigenvalue weighted by Crippen LogP contribution is 2.31. The second-order valence-electron chi connectivity index (χ2n) is 5.79. The quantitative estimate of drug-likeness (QED) is 0.795. The lowest BCUT2D eigenvalue weighted by molar-refractivity contribution is 0.105. The highest BCUT2D eigenvalue weighted by molar-refractivity contribution is 4.91. The molecule has 2 aliphatic rings. The molecule has 0 amide bonds. The number of nitrogens with one attached hydrogen (secondary N) is 1. The molecule has 3 nitrogen and oxygen atoms in total. The Labute approximate surface area is 106 Å². The first kappa shape index (κ1) is 13.3. The van der Waals surface area contributed by atoms with E-state index in [4.69, 9.17) is 4.74 Å². The number of nitrogens with zero attached hydrogens (tertiary/aromatic N) is 1. The second kappa shape index (κ2) is 6.17. The van der Waals surface area contributed by atoms with Crippen LogP contribution in [-0.2, 0) is 4.74 Å². The minimum atomic E-state index is 0.434. The maximum absolute atomic E-state index is 5.43.